The molecular formula is C12H18N6O. The van der Waals surface area contributed by atoms with Gasteiger partial charge in [-0.15, -0.1) is 5.10 Å². The quantitative estimate of drug-likeness (QED) is 0.835. The lowest BCUT2D eigenvalue weighted by Crippen LogP contribution is -2.24. The van der Waals surface area contributed by atoms with Gasteiger partial charge in [-0.3, -0.25) is 0 Å². The molecule has 0 aliphatic heterocycles. The van der Waals surface area contributed by atoms with Gasteiger partial charge in [0.1, 0.15) is 18.5 Å². The highest BCUT2D eigenvalue weighted by Gasteiger charge is 2.18. The molecule has 0 aromatic carbocycles. The third-order valence-electron chi connectivity index (χ3n) is 2.58. The fourth-order valence-corrected chi connectivity index (χ4v) is 1.78. The molecule has 102 valence electrons. The minimum Gasteiger partial charge on any atom is -0.243 e. The summed E-state index contributed by atoms with van der Waals surface area (Å²) in [6, 6.07) is -0.344. The first-order valence-corrected chi connectivity index (χ1v) is 6.46. The first-order valence-electron chi connectivity index (χ1n) is 6.46. The zero-order valence-electron chi connectivity index (χ0n) is 11.4. The standard InChI is InChI=1S/C12H18N6O/c1-4-5-10-15-11(6-9(2)3)18(16-10)12(19)17-8-13-7-14-17/h7-9H,4-6H2,1-3H3. The van der Waals surface area contributed by atoms with E-state index >= 15 is 0 Å². The summed E-state index contributed by atoms with van der Waals surface area (Å²) < 4.78 is 2.49. The fourth-order valence-electron chi connectivity index (χ4n) is 1.78. The van der Waals surface area contributed by atoms with E-state index in [1.807, 2.05) is 0 Å². The molecule has 7 heteroatoms. The van der Waals surface area contributed by atoms with Crippen LogP contribution >= 0.6 is 0 Å². The second-order valence-corrected chi connectivity index (χ2v) is 4.83. The predicted molar refractivity (Wildman–Crippen MR) is 68.8 cm³/mol. The first-order chi connectivity index (χ1) is 9.11. The Morgan fingerprint density at radius 1 is 1.42 bits per heavy atom. The Morgan fingerprint density at radius 2 is 2.21 bits per heavy atom. The molecule has 0 amide bonds. The Morgan fingerprint density at radius 3 is 2.79 bits per heavy atom. The molecule has 2 aromatic rings. The van der Waals surface area contributed by atoms with Crippen LogP contribution in [0.3, 0.4) is 0 Å². The first kappa shape index (κ1) is 13.4. The van der Waals surface area contributed by atoms with Crippen molar-refractivity contribution in [3.05, 3.63) is 24.3 Å². The largest absolute Gasteiger partial charge is 0.372 e. The number of hydrogen-bond donors (Lipinski definition) is 0. The molecule has 19 heavy (non-hydrogen) atoms. The Bertz CT molecular complexity index is 543. The summed E-state index contributed by atoms with van der Waals surface area (Å²) in [6.45, 7) is 6.22. The Kier molecular flexibility index (Phi) is 4.03. The highest BCUT2D eigenvalue weighted by atomic mass is 16.2. The molecule has 0 radical (unpaired) electrons. The number of aromatic nitrogens is 6. The summed E-state index contributed by atoms with van der Waals surface area (Å²) >= 11 is 0. The molecule has 0 atom stereocenters. The van der Waals surface area contributed by atoms with Gasteiger partial charge >= 0.3 is 6.03 Å². The van der Waals surface area contributed by atoms with E-state index in [0.29, 0.717) is 24.0 Å². The van der Waals surface area contributed by atoms with Crippen molar-refractivity contribution in [3.8, 4) is 0 Å². The summed E-state index contributed by atoms with van der Waals surface area (Å²) in [5, 5.41) is 8.11. The van der Waals surface area contributed by atoms with Crippen molar-refractivity contribution in [3.63, 3.8) is 0 Å². The molecule has 0 aliphatic carbocycles. The van der Waals surface area contributed by atoms with Crippen molar-refractivity contribution < 1.29 is 4.79 Å². The second-order valence-electron chi connectivity index (χ2n) is 4.83. The van der Waals surface area contributed by atoms with Crippen molar-refractivity contribution in [1.29, 1.82) is 0 Å². The van der Waals surface area contributed by atoms with E-state index in [-0.39, 0.29) is 6.03 Å². The molecule has 0 spiro atoms. The van der Waals surface area contributed by atoms with Crippen LogP contribution in [0.25, 0.3) is 0 Å². The number of carbonyl (C=O) groups excluding carboxylic acids is 1. The summed E-state index contributed by atoms with van der Waals surface area (Å²) in [5.74, 6) is 1.78. The van der Waals surface area contributed by atoms with Crippen molar-refractivity contribution in [1.82, 2.24) is 29.5 Å². The van der Waals surface area contributed by atoms with Gasteiger partial charge in [0, 0.05) is 12.8 Å². The van der Waals surface area contributed by atoms with Crippen LogP contribution in [0.1, 0.15) is 38.8 Å². The topological polar surface area (TPSA) is 78.5 Å². The third kappa shape index (κ3) is 3.04. The monoisotopic (exact) mass is 262 g/mol. The van der Waals surface area contributed by atoms with Crippen molar-refractivity contribution in [2.24, 2.45) is 5.92 Å². The molecule has 0 fully saturated rings. The summed E-state index contributed by atoms with van der Waals surface area (Å²) in [7, 11) is 0. The highest BCUT2D eigenvalue weighted by Crippen LogP contribution is 2.08. The van der Waals surface area contributed by atoms with Crippen LogP contribution in [0, 0.1) is 5.92 Å². The zero-order chi connectivity index (χ0) is 13.8. The molecule has 0 unspecified atom stereocenters. The molecule has 0 bridgehead atoms. The highest BCUT2D eigenvalue weighted by molar-refractivity contribution is 5.77. The van der Waals surface area contributed by atoms with Crippen molar-refractivity contribution >= 4 is 6.03 Å². The predicted octanol–water partition coefficient (Wildman–Crippen LogP) is 1.54. The van der Waals surface area contributed by atoms with E-state index in [0.717, 1.165) is 17.5 Å². The van der Waals surface area contributed by atoms with Gasteiger partial charge in [-0.05, 0) is 12.3 Å². The molecule has 7 nitrogen and oxygen atoms in total. The van der Waals surface area contributed by atoms with Crippen LogP contribution in [0.2, 0.25) is 0 Å². The summed E-state index contributed by atoms with van der Waals surface area (Å²) in [6.07, 6.45) is 5.11. The Hall–Kier alpha value is -2.05. The lowest BCUT2D eigenvalue weighted by molar-refractivity contribution is 0.237. The van der Waals surface area contributed by atoms with Crippen molar-refractivity contribution in [2.45, 2.75) is 40.0 Å². The molecule has 2 aromatic heterocycles. The van der Waals surface area contributed by atoms with Gasteiger partial charge in [0.15, 0.2) is 5.82 Å². The zero-order valence-corrected chi connectivity index (χ0v) is 11.4. The maximum Gasteiger partial charge on any atom is 0.372 e. The van der Waals surface area contributed by atoms with Crippen LogP contribution < -0.4 is 0 Å². The third-order valence-corrected chi connectivity index (χ3v) is 2.58. The van der Waals surface area contributed by atoms with Gasteiger partial charge in [-0.1, -0.05) is 20.8 Å². The van der Waals surface area contributed by atoms with E-state index in [1.165, 1.54) is 17.3 Å². The van der Waals surface area contributed by atoms with Gasteiger partial charge in [-0.2, -0.15) is 14.5 Å². The molecule has 2 rings (SSSR count). The van der Waals surface area contributed by atoms with Gasteiger partial charge in [0.2, 0.25) is 0 Å². The van der Waals surface area contributed by atoms with E-state index < -0.39 is 0 Å². The van der Waals surface area contributed by atoms with Crippen LogP contribution in [0.15, 0.2) is 12.7 Å². The number of aryl methyl sites for hydroxylation is 1. The average molecular weight is 262 g/mol. The number of carbonyl (C=O) groups is 1. The number of nitrogens with zero attached hydrogens (tertiary/aromatic N) is 6. The molecule has 0 saturated heterocycles. The second kappa shape index (κ2) is 5.73. The van der Waals surface area contributed by atoms with Crippen molar-refractivity contribution in [2.75, 3.05) is 0 Å². The van der Waals surface area contributed by atoms with Crippen LogP contribution in [-0.4, -0.2) is 35.6 Å². The van der Waals surface area contributed by atoms with E-state index in [4.69, 9.17) is 0 Å². The van der Waals surface area contributed by atoms with Crippen LogP contribution in [-0.2, 0) is 12.8 Å². The SMILES string of the molecule is CCCc1nc(CC(C)C)n(C(=O)n2cncn2)n1. The maximum absolute atomic E-state index is 12.2. The van der Waals surface area contributed by atoms with Gasteiger partial charge in [-0.25, -0.2) is 14.8 Å². The maximum atomic E-state index is 12.2. The summed E-state index contributed by atoms with van der Waals surface area (Å²) in [4.78, 5) is 20.5. The lowest BCUT2D eigenvalue weighted by atomic mass is 10.1. The normalized spacial score (nSPS) is 11.2. The molecule has 2 heterocycles. The van der Waals surface area contributed by atoms with E-state index in [1.54, 1.807) is 0 Å². The van der Waals surface area contributed by atoms with Gasteiger partial charge < -0.3 is 0 Å². The van der Waals surface area contributed by atoms with E-state index in [9.17, 15) is 4.79 Å². The summed E-state index contributed by atoms with van der Waals surface area (Å²) in [5.41, 5.74) is 0. The fraction of sp³-hybridized carbons (Fsp3) is 0.583. The average Bonchev–Trinajstić information content (AvgIpc) is 2.97. The molecule has 0 N–H and O–H groups in total. The van der Waals surface area contributed by atoms with Crippen LogP contribution in [0.4, 0.5) is 4.79 Å². The number of rotatable bonds is 4. The molecular weight excluding hydrogens is 244 g/mol. The molecule has 0 aliphatic rings. The number of hydrogen-bond acceptors (Lipinski definition) is 5. The van der Waals surface area contributed by atoms with Gasteiger partial charge in [0.25, 0.3) is 0 Å². The minimum absolute atomic E-state index is 0.344. The van der Waals surface area contributed by atoms with Crippen LogP contribution in [0.5, 0.6) is 0 Å². The lowest BCUT2D eigenvalue weighted by Gasteiger charge is -2.05. The minimum atomic E-state index is -0.344. The molecule has 0 saturated carbocycles. The van der Waals surface area contributed by atoms with E-state index in [2.05, 4.69) is 40.9 Å². The smallest absolute Gasteiger partial charge is 0.243 e. The Balaban J connectivity index is 2.33. The van der Waals surface area contributed by atoms with Gasteiger partial charge in [0.05, 0.1) is 0 Å². The Labute approximate surface area is 111 Å².